The number of furan rings is 1. The molecule has 1 spiro atoms. The maximum absolute atomic E-state index is 6.69. The van der Waals surface area contributed by atoms with Crippen molar-refractivity contribution in [3.63, 3.8) is 0 Å². The molecule has 0 N–H and O–H groups in total. The van der Waals surface area contributed by atoms with Gasteiger partial charge in [-0.05, 0) is 101 Å². The van der Waals surface area contributed by atoms with Crippen molar-refractivity contribution in [2.45, 2.75) is 5.41 Å². The zero-order valence-electron chi connectivity index (χ0n) is 32.0. The summed E-state index contributed by atoms with van der Waals surface area (Å²) in [5.74, 6) is 1.75. The van der Waals surface area contributed by atoms with E-state index in [1.807, 2.05) is 6.07 Å². The lowest BCUT2D eigenvalue weighted by Crippen LogP contribution is -2.32. The highest BCUT2D eigenvalue weighted by Crippen LogP contribution is 2.63. The Labute approximate surface area is 342 Å². The van der Waals surface area contributed by atoms with Crippen molar-refractivity contribution in [1.82, 2.24) is 0 Å². The van der Waals surface area contributed by atoms with Crippen LogP contribution in [0.4, 0.5) is 34.1 Å². The van der Waals surface area contributed by atoms with Gasteiger partial charge in [-0.1, -0.05) is 140 Å². The Morgan fingerprint density at radius 2 is 0.881 bits per heavy atom. The van der Waals surface area contributed by atoms with Crippen LogP contribution in [0.3, 0.4) is 0 Å². The maximum atomic E-state index is 6.69. The number of hydrogen-bond acceptors (Lipinski definition) is 4. The molecule has 1 aromatic heterocycles. The number of para-hydroxylation sites is 6. The molecule has 0 amide bonds. The minimum atomic E-state index is -0.618. The fourth-order valence-corrected chi connectivity index (χ4v) is 9.74. The molecule has 0 fully saturated rings. The molecule has 0 atom stereocenters. The zero-order valence-corrected chi connectivity index (χ0v) is 32.0. The summed E-state index contributed by atoms with van der Waals surface area (Å²) >= 11 is 0. The average Bonchev–Trinajstić information content (AvgIpc) is 3.82. The molecule has 2 heterocycles. The Kier molecular flexibility index (Phi) is 7.41. The molecule has 10 aromatic rings. The number of anilines is 6. The summed E-state index contributed by atoms with van der Waals surface area (Å²) in [6.07, 6.45) is 0. The SMILES string of the molecule is c1ccc(N(c2ccccc2)c2ccc3oc4ccccc4c3c2N(c2ccccc2)c2ccc3c(c2)C2(c4ccccc4Oc4ccccc42)c2ccccc2-3)cc1. The summed E-state index contributed by atoms with van der Waals surface area (Å²) < 4.78 is 13.4. The molecule has 4 nitrogen and oxygen atoms in total. The summed E-state index contributed by atoms with van der Waals surface area (Å²) in [6.45, 7) is 0. The third kappa shape index (κ3) is 4.90. The third-order valence-corrected chi connectivity index (χ3v) is 12.1. The first-order chi connectivity index (χ1) is 29.3. The van der Waals surface area contributed by atoms with E-state index < -0.39 is 5.41 Å². The number of benzene rings is 9. The average molecular weight is 757 g/mol. The van der Waals surface area contributed by atoms with Crippen molar-refractivity contribution in [1.29, 1.82) is 0 Å². The standard InChI is InChI=1S/C55H36N2O2/c1-4-18-37(19-5-1)56(38-20-6-2-7-21-38)48-34-35-52-53(43-25-11-15-29-49(43)58-52)54(48)57(39-22-8-3-9-23-39)40-32-33-42-41-24-10-12-26-44(41)55(47(42)36-40)45-27-13-16-30-50(45)59-51-31-17-14-28-46(51)55/h1-36H. The van der Waals surface area contributed by atoms with Crippen LogP contribution in [0.1, 0.15) is 22.3 Å². The Bertz CT molecular complexity index is 3120. The zero-order chi connectivity index (χ0) is 38.9. The molecule has 0 unspecified atom stereocenters. The highest BCUT2D eigenvalue weighted by Gasteiger charge is 2.51. The van der Waals surface area contributed by atoms with E-state index in [1.54, 1.807) is 0 Å². The van der Waals surface area contributed by atoms with E-state index in [0.717, 1.165) is 78.7 Å². The second-order valence-corrected chi connectivity index (χ2v) is 15.2. The summed E-state index contributed by atoms with van der Waals surface area (Å²) in [5, 5.41) is 2.10. The molecule has 0 saturated heterocycles. The fourth-order valence-electron chi connectivity index (χ4n) is 9.74. The first-order valence-electron chi connectivity index (χ1n) is 20.1. The van der Waals surface area contributed by atoms with Crippen LogP contribution in [0.25, 0.3) is 33.1 Å². The maximum Gasteiger partial charge on any atom is 0.137 e. The molecular formula is C55H36N2O2. The van der Waals surface area contributed by atoms with Crippen LogP contribution >= 0.6 is 0 Å². The van der Waals surface area contributed by atoms with Crippen LogP contribution in [0, 0.1) is 0 Å². The molecule has 9 aromatic carbocycles. The highest BCUT2D eigenvalue weighted by atomic mass is 16.5. The minimum absolute atomic E-state index is 0.618. The van der Waals surface area contributed by atoms with Gasteiger partial charge in [-0.3, -0.25) is 0 Å². The van der Waals surface area contributed by atoms with Gasteiger partial charge in [-0.2, -0.15) is 0 Å². The molecule has 0 saturated carbocycles. The second-order valence-electron chi connectivity index (χ2n) is 15.2. The van der Waals surface area contributed by atoms with E-state index >= 15 is 0 Å². The Morgan fingerprint density at radius 1 is 0.356 bits per heavy atom. The first-order valence-corrected chi connectivity index (χ1v) is 20.1. The van der Waals surface area contributed by atoms with E-state index in [1.165, 1.54) is 22.3 Å². The molecule has 1 aliphatic carbocycles. The molecular weight excluding hydrogens is 721 g/mol. The largest absolute Gasteiger partial charge is 0.457 e. The van der Waals surface area contributed by atoms with Gasteiger partial charge >= 0.3 is 0 Å². The molecule has 59 heavy (non-hydrogen) atoms. The monoisotopic (exact) mass is 756 g/mol. The van der Waals surface area contributed by atoms with Crippen LogP contribution in [0.2, 0.25) is 0 Å². The van der Waals surface area contributed by atoms with Gasteiger partial charge in [0.25, 0.3) is 0 Å². The summed E-state index contributed by atoms with van der Waals surface area (Å²) in [5.41, 5.74) is 14.4. The van der Waals surface area contributed by atoms with Crippen molar-refractivity contribution in [2.24, 2.45) is 0 Å². The van der Waals surface area contributed by atoms with Gasteiger partial charge in [0.2, 0.25) is 0 Å². The van der Waals surface area contributed by atoms with E-state index in [2.05, 4.69) is 222 Å². The van der Waals surface area contributed by atoms with Crippen LogP contribution < -0.4 is 14.5 Å². The summed E-state index contributed by atoms with van der Waals surface area (Å²) in [4.78, 5) is 4.80. The first kappa shape index (κ1) is 33.3. The summed E-state index contributed by atoms with van der Waals surface area (Å²) in [6, 6.07) is 77.8. The lowest BCUT2D eigenvalue weighted by Gasteiger charge is -2.40. The number of nitrogens with zero attached hydrogens (tertiary/aromatic N) is 2. The van der Waals surface area contributed by atoms with Crippen molar-refractivity contribution < 1.29 is 9.15 Å². The van der Waals surface area contributed by atoms with Crippen LogP contribution in [-0.4, -0.2) is 0 Å². The van der Waals surface area contributed by atoms with Crippen LogP contribution in [-0.2, 0) is 5.41 Å². The molecule has 2 aliphatic rings. The van der Waals surface area contributed by atoms with Crippen molar-refractivity contribution in [3.8, 4) is 22.6 Å². The lowest BCUT2D eigenvalue weighted by atomic mass is 9.66. The quantitative estimate of drug-likeness (QED) is 0.169. The van der Waals surface area contributed by atoms with Gasteiger partial charge in [0.1, 0.15) is 22.7 Å². The predicted molar refractivity (Wildman–Crippen MR) is 240 cm³/mol. The minimum Gasteiger partial charge on any atom is -0.457 e. The number of ether oxygens (including phenoxy) is 1. The molecule has 1 aliphatic heterocycles. The normalized spacial score (nSPS) is 13.0. The fraction of sp³-hybridized carbons (Fsp3) is 0.0182. The topological polar surface area (TPSA) is 28.9 Å². The van der Waals surface area contributed by atoms with E-state index in [-0.39, 0.29) is 0 Å². The predicted octanol–water partition coefficient (Wildman–Crippen LogP) is 15.0. The molecule has 12 rings (SSSR count). The lowest BCUT2D eigenvalue weighted by molar-refractivity contribution is 0.436. The summed E-state index contributed by atoms with van der Waals surface area (Å²) in [7, 11) is 0. The smallest absolute Gasteiger partial charge is 0.137 e. The van der Waals surface area contributed by atoms with Crippen molar-refractivity contribution in [2.75, 3.05) is 9.80 Å². The van der Waals surface area contributed by atoms with Gasteiger partial charge in [-0.25, -0.2) is 0 Å². The molecule has 0 bridgehead atoms. The Hall–Kier alpha value is -7.82. The highest BCUT2D eigenvalue weighted by molar-refractivity contribution is 6.17. The van der Waals surface area contributed by atoms with E-state index in [0.29, 0.717) is 0 Å². The van der Waals surface area contributed by atoms with Gasteiger partial charge in [0.15, 0.2) is 0 Å². The molecule has 278 valence electrons. The van der Waals surface area contributed by atoms with Gasteiger partial charge < -0.3 is 19.0 Å². The third-order valence-electron chi connectivity index (χ3n) is 12.1. The van der Waals surface area contributed by atoms with Crippen LogP contribution in [0.5, 0.6) is 11.5 Å². The Balaban J connectivity index is 1.21. The second kappa shape index (κ2) is 13.1. The molecule has 0 radical (unpaired) electrons. The van der Waals surface area contributed by atoms with Gasteiger partial charge in [-0.15, -0.1) is 0 Å². The molecule has 4 heteroatoms. The van der Waals surface area contributed by atoms with Crippen molar-refractivity contribution >= 4 is 56.1 Å². The Morgan fingerprint density at radius 3 is 1.54 bits per heavy atom. The van der Waals surface area contributed by atoms with Gasteiger partial charge in [0, 0.05) is 39.3 Å². The van der Waals surface area contributed by atoms with Crippen molar-refractivity contribution in [3.05, 3.63) is 241 Å². The van der Waals surface area contributed by atoms with E-state index in [9.17, 15) is 0 Å². The van der Waals surface area contributed by atoms with Gasteiger partial charge in [0.05, 0.1) is 22.2 Å². The van der Waals surface area contributed by atoms with E-state index in [4.69, 9.17) is 9.15 Å². The number of rotatable bonds is 6. The number of hydrogen-bond donors (Lipinski definition) is 0. The van der Waals surface area contributed by atoms with Crippen LogP contribution in [0.15, 0.2) is 223 Å². The number of fused-ring (bicyclic) bond motifs is 12.